The Morgan fingerprint density at radius 1 is 1.06 bits per heavy atom. The predicted octanol–water partition coefficient (Wildman–Crippen LogP) is 3.99. The molecular formula is C28H30N2O5S. The van der Waals surface area contributed by atoms with Crippen LogP contribution >= 0.6 is 11.3 Å². The van der Waals surface area contributed by atoms with Crippen molar-refractivity contribution in [1.82, 2.24) is 4.57 Å². The molecule has 4 rings (SSSR count). The molecule has 36 heavy (non-hydrogen) atoms. The van der Waals surface area contributed by atoms with Gasteiger partial charge in [0, 0.05) is 11.1 Å². The Hall–Kier alpha value is -3.65. The van der Waals surface area contributed by atoms with Crippen LogP contribution in [0.4, 0.5) is 0 Å². The van der Waals surface area contributed by atoms with Crippen molar-refractivity contribution in [2.24, 2.45) is 4.99 Å². The van der Waals surface area contributed by atoms with E-state index in [1.54, 1.807) is 18.6 Å². The first-order valence-corrected chi connectivity index (χ1v) is 12.9. The third-order valence-electron chi connectivity index (χ3n) is 5.83. The number of hydrogen-bond acceptors (Lipinski definition) is 7. The van der Waals surface area contributed by atoms with Crippen molar-refractivity contribution in [2.45, 2.75) is 39.7 Å². The maximum Gasteiger partial charge on any atom is 0.338 e. The van der Waals surface area contributed by atoms with E-state index in [0.29, 0.717) is 50.7 Å². The molecule has 1 aliphatic heterocycles. The van der Waals surface area contributed by atoms with Crippen LogP contribution in [0.25, 0.3) is 6.08 Å². The number of hydrogen-bond donors (Lipinski definition) is 0. The molecule has 3 aromatic rings. The number of fused-ring (bicyclic) bond motifs is 1. The highest BCUT2D eigenvalue weighted by Crippen LogP contribution is 2.36. The quantitative estimate of drug-likeness (QED) is 0.410. The van der Waals surface area contributed by atoms with E-state index in [2.05, 4.69) is 0 Å². The minimum atomic E-state index is -0.720. The van der Waals surface area contributed by atoms with Crippen molar-refractivity contribution in [3.8, 4) is 11.5 Å². The van der Waals surface area contributed by atoms with Crippen molar-refractivity contribution >= 4 is 23.4 Å². The summed E-state index contributed by atoms with van der Waals surface area (Å²) in [6.45, 7) is 6.46. The Balaban J connectivity index is 2.02. The number of rotatable bonds is 9. The van der Waals surface area contributed by atoms with E-state index in [0.717, 1.165) is 12.0 Å². The van der Waals surface area contributed by atoms with Gasteiger partial charge in [-0.25, -0.2) is 9.79 Å². The Bertz CT molecular complexity index is 1470. The van der Waals surface area contributed by atoms with Gasteiger partial charge in [0.1, 0.15) is 17.5 Å². The lowest BCUT2D eigenvalue weighted by molar-refractivity contribution is -0.139. The summed E-state index contributed by atoms with van der Waals surface area (Å²) in [5.41, 5.74) is 2.27. The first-order valence-electron chi connectivity index (χ1n) is 12.1. The number of allylic oxidation sites excluding steroid dienone is 1. The first kappa shape index (κ1) is 25.4. The average molecular weight is 507 g/mol. The number of aromatic nitrogens is 1. The summed E-state index contributed by atoms with van der Waals surface area (Å²) in [5.74, 6) is 0.806. The van der Waals surface area contributed by atoms with Gasteiger partial charge in [0.2, 0.25) is 0 Å². The van der Waals surface area contributed by atoms with Gasteiger partial charge in [-0.3, -0.25) is 9.36 Å². The molecule has 7 nitrogen and oxygen atoms in total. The Kier molecular flexibility index (Phi) is 8.05. The average Bonchev–Trinajstić information content (AvgIpc) is 3.19. The van der Waals surface area contributed by atoms with Crippen LogP contribution in [0.15, 0.2) is 69.6 Å². The molecule has 0 spiro atoms. The van der Waals surface area contributed by atoms with Gasteiger partial charge in [-0.2, -0.15) is 0 Å². The van der Waals surface area contributed by atoms with Gasteiger partial charge < -0.3 is 14.2 Å². The highest BCUT2D eigenvalue weighted by atomic mass is 32.1. The summed E-state index contributed by atoms with van der Waals surface area (Å²) in [5, 5.41) is 0. The van der Waals surface area contributed by atoms with E-state index < -0.39 is 12.0 Å². The smallest absolute Gasteiger partial charge is 0.338 e. The molecular weight excluding hydrogens is 476 g/mol. The summed E-state index contributed by atoms with van der Waals surface area (Å²) >= 11 is 1.30. The van der Waals surface area contributed by atoms with E-state index in [9.17, 15) is 9.59 Å². The maximum absolute atomic E-state index is 13.9. The Morgan fingerprint density at radius 3 is 2.47 bits per heavy atom. The lowest BCUT2D eigenvalue weighted by atomic mass is 9.93. The minimum Gasteiger partial charge on any atom is -0.496 e. The van der Waals surface area contributed by atoms with E-state index in [1.807, 2.05) is 68.5 Å². The predicted molar refractivity (Wildman–Crippen MR) is 140 cm³/mol. The molecule has 1 aliphatic rings. The zero-order valence-electron chi connectivity index (χ0n) is 20.9. The molecule has 0 bridgehead atoms. The van der Waals surface area contributed by atoms with E-state index in [-0.39, 0.29) is 12.2 Å². The molecule has 188 valence electrons. The number of para-hydroxylation sites is 2. The molecule has 1 atom stereocenters. The number of carbonyl (C=O) groups is 1. The number of methoxy groups -OCH3 is 1. The highest BCUT2D eigenvalue weighted by Gasteiger charge is 2.35. The fourth-order valence-electron chi connectivity index (χ4n) is 4.34. The van der Waals surface area contributed by atoms with E-state index in [4.69, 9.17) is 19.2 Å². The lowest BCUT2D eigenvalue weighted by Crippen LogP contribution is -2.40. The topological polar surface area (TPSA) is 79.1 Å². The van der Waals surface area contributed by atoms with Crippen LogP contribution in [0.1, 0.15) is 50.8 Å². The number of benzene rings is 2. The normalized spacial score (nSPS) is 15.3. The second-order valence-corrected chi connectivity index (χ2v) is 9.14. The van der Waals surface area contributed by atoms with Crippen LogP contribution < -0.4 is 24.4 Å². The largest absolute Gasteiger partial charge is 0.496 e. The van der Waals surface area contributed by atoms with Gasteiger partial charge in [0.05, 0.1) is 36.1 Å². The van der Waals surface area contributed by atoms with Crippen LogP contribution in [0, 0.1) is 0 Å². The highest BCUT2D eigenvalue weighted by molar-refractivity contribution is 7.07. The molecule has 8 heteroatoms. The van der Waals surface area contributed by atoms with Gasteiger partial charge in [-0.05, 0) is 38.5 Å². The third kappa shape index (κ3) is 4.86. The van der Waals surface area contributed by atoms with Gasteiger partial charge >= 0.3 is 5.97 Å². The zero-order chi connectivity index (χ0) is 25.7. The molecule has 0 amide bonds. The third-order valence-corrected chi connectivity index (χ3v) is 6.81. The second-order valence-electron chi connectivity index (χ2n) is 8.13. The van der Waals surface area contributed by atoms with Crippen molar-refractivity contribution < 1.29 is 19.0 Å². The molecule has 0 N–H and O–H groups in total. The second kappa shape index (κ2) is 11.4. The molecule has 2 aromatic carbocycles. The molecule has 0 radical (unpaired) electrons. The van der Waals surface area contributed by atoms with Crippen molar-refractivity contribution in [1.29, 1.82) is 0 Å². The molecule has 0 saturated carbocycles. The summed E-state index contributed by atoms with van der Waals surface area (Å²) in [4.78, 5) is 32.5. The lowest BCUT2D eigenvalue weighted by Gasteiger charge is -2.26. The zero-order valence-corrected chi connectivity index (χ0v) is 21.8. The number of esters is 1. The van der Waals surface area contributed by atoms with Crippen molar-refractivity contribution in [2.75, 3.05) is 20.3 Å². The molecule has 2 heterocycles. The summed E-state index contributed by atoms with van der Waals surface area (Å²) in [6.07, 6.45) is 3.19. The van der Waals surface area contributed by atoms with Gasteiger partial charge in [-0.15, -0.1) is 0 Å². The maximum atomic E-state index is 13.9. The SMILES string of the molecule is CCCC1=C(C(=O)OCC)[C@@H](c2ccccc2OC)n2c(s/c(=C\c3ccccc3OCC)c2=O)=N1. The number of nitrogens with zero attached hydrogens (tertiary/aromatic N) is 2. The number of thiazole rings is 1. The van der Waals surface area contributed by atoms with Gasteiger partial charge in [0.25, 0.3) is 5.56 Å². The Morgan fingerprint density at radius 2 is 1.78 bits per heavy atom. The Labute approximate surface area is 214 Å². The summed E-state index contributed by atoms with van der Waals surface area (Å²) < 4.78 is 18.9. The van der Waals surface area contributed by atoms with Gasteiger partial charge in [-0.1, -0.05) is 61.1 Å². The fraction of sp³-hybridized carbons (Fsp3) is 0.321. The molecule has 0 unspecified atom stereocenters. The van der Waals surface area contributed by atoms with Crippen molar-refractivity contribution in [3.05, 3.63) is 90.6 Å². The minimum absolute atomic E-state index is 0.221. The molecule has 0 fully saturated rings. The first-order chi connectivity index (χ1) is 17.5. The van der Waals surface area contributed by atoms with Crippen LogP contribution in [0.5, 0.6) is 11.5 Å². The molecule has 1 aromatic heterocycles. The monoisotopic (exact) mass is 506 g/mol. The van der Waals surface area contributed by atoms with Crippen LogP contribution in [0.3, 0.4) is 0 Å². The molecule has 0 saturated heterocycles. The summed E-state index contributed by atoms with van der Waals surface area (Å²) in [7, 11) is 1.58. The van der Waals surface area contributed by atoms with Crippen LogP contribution in [-0.2, 0) is 9.53 Å². The standard InChI is InChI=1S/C28H30N2O5S/c1-5-12-20-24(27(32)35-7-3)25(19-14-9-11-16-22(19)33-4)30-26(31)23(36-28(30)29-20)17-18-13-8-10-15-21(18)34-6-2/h8-11,13-17,25H,5-7,12H2,1-4H3/b23-17-/t25-/m1/s1. The molecule has 0 aliphatic carbocycles. The fourth-order valence-corrected chi connectivity index (χ4v) is 5.35. The van der Waals surface area contributed by atoms with Crippen LogP contribution in [-0.4, -0.2) is 30.9 Å². The van der Waals surface area contributed by atoms with Gasteiger partial charge in [0.15, 0.2) is 4.80 Å². The number of carbonyl (C=O) groups excluding carboxylic acids is 1. The van der Waals surface area contributed by atoms with E-state index >= 15 is 0 Å². The number of ether oxygens (including phenoxy) is 3. The summed E-state index contributed by atoms with van der Waals surface area (Å²) in [6, 6.07) is 14.3. The van der Waals surface area contributed by atoms with E-state index in [1.165, 1.54) is 11.3 Å². The van der Waals surface area contributed by atoms with Crippen LogP contribution in [0.2, 0.25) is 0 Å². The van der Waals surface area contributed by atoms with Crippen molar-refractivity contribution in [3.63, 3.8) is 0 Å².